The maximum absolute atomic E-state index is 11.1. The third-order valence-corrected chi connectivity index (χ3v) is 3.75. The number of nitrogens with one attached hydrogen (secondary N) is 1. The van der Waals surface area contributed by atoms with Gasteiger partial charge in [0.05, 0.1) is 19.1 Å². The summed E-state index contributed by atoms with van der Waals surface area (Å²) in [5.41, 5.74) is -0.161. The van der Waals surface area contributed by atoms with Crippen molar-refractivity contribution in [2.45, 2.75) is 32.4 Å². The second-order valence-electron chi connectivity index (χ2n) is 4.69. The molecular weight excluding hydrogens is 250 g/mol. The molecule has 0 saturated heterocycles. The Hall–Kier alpha value is -0.910. The summed E-state index contributed by atoms with van der Waals surface area (Å²) in [5.74, 6) is -0.197. The fourth-order valence-corrected chi connectivity index (χ4v) is 2.36. The molecule has 0 saturated carbocycles. The van der Waals surface area contributed by atoms with Crippen molar-refractivity contribution in [1.29, 1.82) is 0 Å². The van der Waals surface area contributed by atoms with Gasteiger partial charge in [0.15, 0.2) is 0 Å². The topological polar surface area (TPSA) is 47.6 Å². The van der Waals surface area contributed by atoms with Crippen LogP contribution < -0.4 is 5.32 Å². The smallest absolute Gasteiger partial charge is 0.310 e. The lowest BCUT2D eigenvalue weighted by Gasteiger charge is -2.22. The first-order valence-electron chi connectivity index (χ1n) is 5.87. The Morgan fingerprint density at radius 2 is 2.00 bits per heavy atom. The van der Waals surface area contributed by atoms with E-state index in [-0.39, 0.29) is 11.6 Å². The van der Waals surface area contributed by atoms with Gasteiger partial charge >= 0.3 is 5.97 Å². The lowest BCUT2D eigenvalue weighted by atomic mass is 10.1. The van der Waals surface area contributed by atoms with Gasteiger partial charge in [-0.3, -0.25) is 4.79 Å². The molecule has 0 spiro atoms. The third kappa shape index (κ3) is 5.16. The van der Waals surface area contributed by atoms with E-state index >= 15 is 0 Å². The zero-order valence-electron chi connectivity index (χ0n) is 11.4. The molecule has 0 unspecified atom stereocenters. The van der Waals surface area contributed by atoms with Gasteiger partial charge in [-0.25, -0.2) is 0 Å². The number of methoxy groups -OCH3 is 2. The molecule has 0 radical (unpaired) electrons. The van der Waals surface area contributed by atoms with E-state index in [1.807, 2.05) is 26.0 Å². The van der Waals surface area contributed by atoms with Crippen LogP contribution in [0.5, 0.6) is 0 Å². The molecule has 0 bridgehead atoms. The minimum absolute atomic E-state index is 0.161. The third-order valence-electron chi connectivity index (χ3n) is 2.67. The van der Waals surface area contributed by atoms with Gasteiger partial charge in [-0.2, -0.15) is 0 Å². The Balaban J connectivity index is 2.38. The van der Waals surface area contributed by atoms with Crippen molar-refractivity contribution in [3.8, 4) is 0 Å². The molecule has 0 aromatic carbocycles. The van der Waals surface area contributed by atoms with Crippen LogP contribution in [0.2, 0.25) is 0 Å². The largest absolute Gasteiger partial charge is 0.469 e. The van der Waals surface area contributed by atoms with Crippen molar-refractivity contribution < 1.29 is 14.3 Å². The molecule has 0 fully saturated rings. The summed E-state index contributed by atoms with van der Waals surface area (Å²) in [5, 5.41) is 3.34. The fraction of sp³-hybridized carbons (Fsp3) is 0.615. The van der Waals surface area contributed by atoms with Gasteiger partial charge in [0.25, 0.3) is 0 Å². The highest BCUT2D eigenvalue weighted by Gasteiger charge is 2.15. The summed E-state index contributed by atoms with van der Waals surface area (Å²) in [4.78, 5) is 13.4. The molecule has 102 valence electrons. The maximum atomic E-state index is 11.1. The van der Waals surface area contributed by atoms with Crippen molar-refractivity contribution in [1.82, 2.24) is 5.32 Å². The molecule has 1 heterocycles. The number of hydrogen-bond acceptors (Lipinski definition) is 5. The number of carbonyl (C=O) groups is 1. The molecule has 4 nitrogen and oxygen atoms in total. The van der Waals surface area contributed by atoms with E-state index in [0.29, 0.717) is 6.42 Å². The van der Waals surface area contributed by atoms with Crippen LogP contribution in [0.4, 0.5) is 0 Å². The molecule has 1 rings (SSSR count). The van der Waals surface area contributed by atoms with E-state index in [0.717, 1.165) is 18.0 Å². The predicted molar refractivity (Wildman–Crippen MR) is 72.8 cm³/mol. The van der Waals surface area contributed by atoms with Gasteiger partial charge in [-0.15, -0.1) is 11.3 Å². The summed E-state index contributed by atoms with van der Waals surface area (Å²) < 4.78 is 9.97. The summed E-state index contributed by atoms with van der Waals surface area (Å²) in [6.45, 7) is 5.65. The van der Waals surface area contributed by atoms with Crippen LogP contribution >= 0.6 is 11.3 Å². The van der Waals surface area contributed by atoms with Crippen molar-refractivity contribution >= 4 is 17.3 Å². The highest BCUT2D eigenvalue weighted by Crippen LogP contribution is 2.17. The zero-order chi connectivity index (χ0) is 13.6. The van der Waals surface area contributed by atoms with E-state index in [4.69, 9.17) is 4.74 Å². The Morgan fingerprint density at radius 1 is 1.33 bits per heavy atom. The van der Waals surface area contributed by atoms with Gasteiger partial charge in [0, 0.05) is 30.0 Å². The SMILES string of the molecule is COC(=O)Cc1ccc(CNCC(C)(C)OC)s1. The number of rotatable bonds is 7. The van der Waals surface area contributed by atoms with E-state index < -0.39 is 0 Å². The minimum atomic E-state index is -0.197. The molecule has 1 aromatic heterocycles. The van der Waals surface area contributed by atoms with Crippen molar-refractivity contribution in [2.24, 2.45) is 0 Å². The highest BCUT2D eigenvalue weighted by molar-refractivity contribution is 7.12. The molecule has 0 aliphatic heterocycles. The van der Waals surface area contributed by atoms with Crippen LogP contribution in [0.25, 0.3) is 0 Å². The van der Waals surface area contributed by atoms with Crippen LogP contribution in [0.3, 0.4) is 0 Å². The normalized spacial score (nSPS) is 11.6. The molecule has 0 atom stereocenters. The monoisotopic (exact) mass is 271 g/mol. The molecule has 18 heavy (non-hydrogen) atoms. The van der Waals surface area contributed by atoms with Crippen LogP contribution in [0, 0.1) is 0 Å². The standard InChI is InChI=1S/C13H21NO3S/c1-13(2,17-4)9-14-8-11-6-5-10(18-11)7-12(15)16-3/h5-6,14H,7-9H2,1-4H3. The Bertz CT molecular complexity index is 387. The maximum Gasteiger partial charge on any atom is 0.310 e. The van der Waals surface area contributed by atoms with Crippen LogP contribution in [0.15, 0.2) is 12.1 Å². The second kappa shape index (κ2) is 6.87. The van der Waals surface area contributed by atoms with E-state index in [1.165, 1.54) is 12.0 Å². The molecule has 1 aromatic rings. The van der Waals surface area contributed by atoms with Gasteiger partial charge < -0.3 is 14.8 Å². The van der Waals surface area contributed by atoms with E-state index in [9.17, 15) is 4.79 Å². The average molecular weight is 271 g/mol. The van der Waals surface area contributed by atoms with E-state index in [1.54, 1.807) is 18.4 Å². The second-order valence-corrected chi connectivity index (χ2v) is 5.94. The highest BCUT2D eigenvalue weighted by atomic mass is 32.1. The number of hydrogen-bond donors (Lipinski definition) is 1. The summed E-state index contributed by atoms with van der Waals surface area (Å²) in [6.07, 6.45) is 0.352. The molecule has 1 N–H and O–H groups in total. The number of esters is 1. The lowest BCUT2D eigenvalue weighted by molar-refractivity contribution is -0.139. The lowest BCUT2D eigenvalue weighted by Crippen LogP contribution is -2.36. The first-order chi connectivity index (χ1) is 8.46. The summed E-state index contributed by atoms with van der Waals surface area (Å²) >= 11 is 1.63. The number of carbonyl (C=O) groups excluding carboxylic acids is 1. The molecule has 5 heteroatoms. The van der Waals surface area contributed by atoms with E-state index in [2.05, 4.69) is 10.1 Å². The van der Waals surface area contributed by atoms with Gasteiger partial charge in [-0.1, -0.05) is 0 Å². The molecule has 0 aliphatic rings. The van der Waals surface area contributed by atoms with Crippen molar-refractivity contribution in [2.75, 3.05) is 20.8 Å². The molecule has 0 aliphatic carbocycles. The molecular formula is C13H21NO3S. The van der Waals surface area contributed by atoms with Gasteiger partial charge in [-0.05, 0) is 26.0 Å². The average Bonchev–Trinajstić information content (AvgIpc) is 2.76. The van der Waals surface area contributed by atoms with Crippen molar-refractivity contribution in [3.05, 3.63) is 21.9 Å². The Labute approximate surface area is 112 Å². The minimum Gasteiger partial charge on any atom is -0.469 e. The van der Waals surface area contributed by atoms with Gasteiger partial charge in [0.2, 0.25) is 0 Å². The summed E-state index contributed by atoms with van der Waals surface area (Å²) in [6, 6.07) is 4.01. The van der Waals surface area contributed by atoms with Gasteiger partial charge in [0.1, 0.15) is 0 Å². The number of ether oxygens (including phenoxy) is 2. The number of thiophene rings is 1. The summed E-state index contributed by atoms with van der Waals surface area (Å²) in [7, 11) is 3.12. The van der Waals surface area contributed by atoms with Crippen LogP contribution in [-0.4, -0.2) is 32.3 Å². The predicted octanol–water partition coefficient (Wildman–Crippen LogP) is 1.98. The zero-order valence-corrected chi connectivity index (χ0v) is 12.2. The first-order valence-corrected chi connectivity index (χ1v) is 6.69. The van der Waals surface area contributed by atoms with Crippen molar-refractivity contribution in [3.63, 3.8) is 0 Å². The van der Waals surface area contributed by atoms with Crippen LogP contribution in [0.1, 0.15) is 23.6 Å². The van der Waals surface area contributed by atoms with Crippen LogP contribution in [-0.2, 0) is 27.2 Å². The Morgan fingerprint density at radius 3 is 2.61 bits per heavy atom. The first kappa shape index (κ1) is 15.1. The Kier molecular flexibility index (Phi) is 5.78. The molecule has 0 amide bonds. The quantitative estimate of drug-likeness (QED) is 0.770. The fourth-order valence-electron chi connectivity index (χ4n) is 1.39.